The first-order chi connectivity index (χ1) is 47.6. The maximum atomic E-state index is 13.0. The summed E-state index contributed by atoms with van der Waals surface area (Å²) in [5.74, 6) is -2.26. The van der Waals surface area contributed by atoms with Gasteiger partial charge >= 0.3 is 11.9 Å². The zero-order valence-electron chi connectivity index (χ0n) is 64.7. The fourth-order valence-electron chi connectivity index (χ4n) is 12.3. The minimum atomic E-state index is -1.62. The number of allylic oxidation sites excluding steroid dienone is 14. The molecule has 0 fully saturated rings. The number of nitrogens with zero attached hydrogens (tertiary/aromatic N) is 1. The molecular weight excluding hydrogens is 1200 g/mol. The van der Waals surface area contributed by atoms with E-state index in [4.69, 9.17) is 18.9 Å². The van der Waals surface area contributed by atoms with Crippen molar-refractivity contribution in [1.29, 1.82) is 0 Å². The summed E-state index contributed by atoms with van der Waals surface area (Å²) in [7, 11) is 5.95. The summed E-state index contributed by atoms with van der Waals surface area (Å²) >= 11 is 0. The number of carbonyl (C=O) groups excluding carboxylic acids is 3. The van der Waals surface area contributed by atoms with Crippen LogP contribution in [0.5, 0.6) is 0 Å². The molecule has 0 heterocycles. The second kappa shape index (κ2) is 78.2. The number of carbonyl (C=O) groups is 3. The Morgan fingerprint density at radius 1 is 0.320 bits per heavy atom. The highest BCUT2D eigenvalue weighted by molar-refractivity contribution is 5.70. The number of esters is 2. The third kappa shape index (κ3) is 79.7. The highest BCUT2D eigenvalue weighted by Crippen LogP contribution is 2.20. The van der Waals surface area contributed by atoms with Crippen molar-refractivity contribution in [2.24, 2.45) is 0 Å². The summed E-state index contributed by atoms with van der Waals surface area (Å²) in [6.07, 6.45) is 104. The fraction of sp³-hybridized carbons (Fsp3) is 0.807. The minimum Gasteiger partial charge on any atom is -0.545 e. The average molecular weight is 1360 g/mol. The lowest BCUT2D eigenvalue weighted by atomic mass is 10.0. The second-order valence-corrected chi connectivity index (χ2v) is 29.4. The van der Waals surface area contributed by atoms with Crippen molar-refractivity contribution in [3.8, 4) is 0 Å². The summed E-state index contributed by atoms with van der Waals surface area (Å²) in [5.41, 5.74) is 0. The molecule has 0 saturated carbocycles. The first-order valence-corrected chi connectivity index (χ1v) is 41.7. The lowest BCUT2D eigenvalue weighted by Gasteiger charge is -2.26. The average Bonchev–Trinajstić information content (AvgIpc) is 2.59. The van der Waals surface area contributed by atoms with Crippen LogP contribution in [0, 0.1) is 0 Å². The van der Waals surface area contributed by atoms with Gasteiger partial charge in [-0.25, -0.2) is 0 Å². The van der Waals surface area contributed by atoms with E-state index in [1.807, 2.05) is 21.1 Å². The summed E-state index contributed by atoms with van der Waals surface area (Å²) in [6, 6.07) is 0. The van der Waals surface area contributed by atoms with E-state index >= 15 is 0 Å². The van der Waals surface area contributed by atoms with Gasteiger partial charge in [-0.05, 0) is 89.9 Å². The molecule has 0 amide bonds. The third-order valence-electron chi connectivity index (χ3n) is 18.6. The van der Waals surface area contributed by atoms with Crippen LogP contribution in [0.1, 0.15) is 399 Å². The third-order valence-corrected chi connectivity index (χ3v) is 18.6. The molecule has 0 radical (unpaired) electrons. The monoisotopic (exact) mass is 1360 g/mol. The van der Waals surface area contributed by atoms with Gasteiger partial charge in [-0.15, -0.1) is 0 Å². The van der Waals surface area contributed by atoms with E-state index in [2.05, 4.69) is 98.9 Å². The molecule has 0 spiro atoms. The van der Waals surface area contributed by atoms with E-state index in [1.165, 1.54) is 295 Å². The Kier molecular flexibility index (Phi) is 75.3. The van der Waals surface area contributed by atoms with Crippen molar-refractivity contribution in [2.45, 2.75) is 411 Å². The lowest BCUT2D eigenvalue weighted by molar-refractivity contribution is -0.870. The van der Waals surface area contributed by atoms with Gasteiger partial charge in [0.25, 0.3) is 0 Å². The Bertz CT molecular complexity index is 1870. The van der Waals surface area contributed by atoms with E-state index in [9.17, 15) is 19.5 Å². The van der Waals surface area contributed by atoms with Crippen molar-refractivity contribution < 1.29 is 42.9 Å². The maximum Gasteiger partial charge on any atom is 0.306 e. The Hall–Kier alpha value is -3.53. The van der Waals surface area contributed by atoms with Crippen molar-refractivity contribution in [3.05, 3.63) is 85.1 Å². The minimum absolute atomic E-state index is 0.149. The SMILES string of the molecule is CC/C=C\C/C=C\C/C=C\C/C=C\CCCCCCCCCCCCCCCCCCCCCCC(=O)OC(COC(=O)CCCCCCCCCCCCCCCCCCCCCCCCCC/C=C\C/C=C\C/C=C\CCCCCCC)COC(OCC[N+](C)(C)C)C(=O)[O-]. The molecule has 97 heavy (non-hydrogen) atoms. The molecule has 0 aromatic carbocycles. The molecule has 9 nitrogen and oxygen atoms in total. The van der Waals surface area contributed by atoms with Crippen LogP contribution in [0.3, 0.4) is 0 Å². The van der Waals surface area contributed by atoms with Gasteiger partial charge in [-0.1, -0.05) is 381 Å². The molecule has 564 valence electrons. The molecule has 2 unspecified atom stereocenters. The molecular formula is C88H159NO8. The fourth-order valence-corrected chi connectivity index (χ4v) is 12.3. The molecule has 0 aliphatic carbocycles. The number of aliphatic carboxylic acids is 1. The van der Waals surface area contributed by atoms with E-state index < -0.39 is 24.3 Å². The van der Waals surface area contributed by atoms with Gasteiger partial charge in [0.1, 0.15) is 13.2 Å². The number of unbranched alkanes of at least 4 members (excludes halogenated alkanes) is 49. The molecule has 9 heteroatoms. The van der Waals surface area contributed by atoms with Gasteiger partial charge in [-0.3, -0.25) is 9.59 Å². The standard InChI is InChI=1S/C88H159NO8/c1-6-8-10-12-14-16-18-20-22-24-26-28-30-32-34-36-38-40-41-42-43-44-45-47-48-50-52-54-56-58-60-62-64-66-68-70-72-74-76-78-85(90)95-82-84(83-96-88(87(92)93)94-81-80-89(3,4)5)97-86(91)79-77-75-73-71-69-67-65-63-61-59-57-55-53-51-49-46-39-37-35-33-31-29-27-25-23-21-19-17-15-13-11-9-7-2/h9,11,15,17-18,20-21,23-24,26-27,29-30,32,84,88H,6-8,10,12-14,16,19,22,25,28,31,33-83H2,1-5H3/b11-9-,17-15-,20-18-,23-21-,26-24-,29-27-,32-30-. The first kappa shape index (κ1) is 93.5. The highest BCUT2D eigenvalue weighted by Gasteiger charge is 2.22. The lowest BCUT2D eigenvalue weighted by Crippen LogP contribution is -2.44. The molecule has 0 saturated heterocycles. The highest BCUT2D eigenvalue weighted by atomic mass is 16.7. The number of hydrogen-bond acceptors (Lipinski definition) is 8. The summed E-state index contributed by atoms with van der Waals surface area (Å²) in [6.45, 7) is 4.69. The maximum absolute atomic E-state index is 13.0. The molecule has 0 N–H and O–H groups in total. The smallest absolute Gasteiger partial charge is 0.306 e. The zero-order chi connectivity index (χ0) is 70.4. The van der Waals surface area contributed by atoms with Crippen LogP contribution < -0.4 is 5.11 Å². The molecule has 0 bridgehead atoms. The number of rotatable bonds is 78. The molecule has 0 aromatic heterocycles. The normalized spacial score (nSPS) is 13.0. The van der Waals surface area contributed by atoms with E-state index in [0.717, 1.165) is 70.6 Å². The Balaban J connectivity index is 3.95. The number of likely N-dealkylation sites (N-methyl/N-ethyl adjacent to an activating group) is 1. The molecule has 0 aromatic rings. The summed E-state index contributed by atoms with van der Waals surface area (Å²) in [5, 5.41) is 11.9. The first-order valence-electron chi connectivity index (χ1n) is 41.7. The van der Waals surface area contributed by atoms with E-state index in [0.29, 0.717) is 23.9 Å². The van der Waals surface area contributed by atoms with Gasteiger partial charge in [0.2, 0.25) is 0 Å². The zero-order valence-corrected chi connectivity index (χ0v) is 64.7. The Morgan fingerprint density at radius 2 is 0.588 bits per heavy atom. The van der Waals surface area contributed by atoms with Crippen molar-refractivity contribution in [2.75, 3.05) is 47.5 Å². The molecule has 2 atom stereocenters. The number of quaternary nitrogens is 1. The van der Waals surface area contributed by atoms with Crippen molar-refractivity contribution in [3.63, 3.8) is 0 Å². The van der Waals surface area contributed by atoms with Crippen LogP contribution >= 0.6 is 0 Å². The van der Waals surface area contributed by atoms with Gasteiger partial charge in [0.05, 0.1) is 40.3 Å². The molecule has 0 aliphatic heterocycles. The quantitative estimate of drug-likeness (QED) is 0.0195. The molecule has 0 aliphatic rings. The van der Waals surface area contributed by atoms with Crippen LogP contribution in [0.2, 0.25) is 0 Å². The Labute approximate surface area is 601 Å². The van der Waals surface area contributed by atoms with Gasteiger partial charge in [-0.2, -0.15) is 0 Å². The number of carboxylic acids is 1. The van der Waals surface area contributed by atoms with Gasteiger partial charge in [0.15, 0.2) is 12.4 Å². The van der Waals surface area contributed by atoms with Crippen LogP contribution in [0.15, 0.2) is 85.1 Å². The van der Waals surface area contributed by atoms with Crippen LogP contribution in [-0.2, 0) is 33.3 Å². The van der Waals surface area contributed by atoms with Crippen molar-refractivity contribution >= 4 is 17.9 Å². The number of ether oxygens (including phenoxy) is 4. The predicted octanol–water partition coefficient (Wildman–Crippen LogP) is 25.6. The van der Waals surface area contributed by atoms with Crippen LogP contribution in [0.4, 0.5) is 0 Å². The predicted molar refractivity (Wildman–Crippen MR) is 417 cm³/mol. The number of carboxylic acid groups (broad SMARTS) is 1. The Morgan fingerprint density at radius 3 is 0.876 bits per heavy atom. The topological polar surface area (TPSA) is 111 Å². The number of hydrogen-bond donors (Lipinski definition) is 0. The van der Waals surface area contributed by atoms with E-state index in [-0.39, 0.29) is 32.2 Å². The molecule has 0 rings (SSSR count). The van der Waals surface area contributed by atoms with Crippen LogP contribution in [0.25, 0.3) is 0 Å². The van der Waals surface area contributed by atoms with Crippen LogP contribution in [-0.4, -0.2) is 82.3 Å². The summed E-state index contributed by atoms with van der Waals surface area (Å²) < 4.78 is 22.9. The van der Waals surface area contributed by atoms with E-state index in [1.54, 1.807) is 0 Å². The van der Waals surface area contributed by atoms with Gasteiger partial charge < -0.3 is 33.3 Å². The van der Waals surface area contributed by atoms with Gasteiger partial charge in [0, 0.05) is 12.8 Å². The second-order valence-electron chi connectivity index (χ2n) is 29.4. The summed E-state index contributed by atoms with van der Waals surface area (Å²) in [4.78, 5) is 37.6. The van der Waals surface area contributed by atoms with Crippen molar-refractivity contribution in [1.82, 2.24) is 0 Å². The largest absolute Gasteiger partial charge is 0.545 e.